The molecule has 0 aromatic rings. The molecule has 70 valence electrons. The van der Waals surface area contributed by atoms with Gasteiger partial charge in [-0.3, -0.25) is 5.73 Å². The first kappa shape index (κ1) is 11.4. The van der Waals surface area contributed by atoms with E-state index in [2.05, 4.69) is 4.18 Å². The van der Waals surface area contributed by atoms with Crippen LogP contribution in [0, 0.1) is 11.3 Å². The summed E-state index contributed by atoms with van der Waals surface area (Å²) >= 11 is 0. The third kappa shape index (κ3) is 4.28. The highest BCUT2D eigenvalue weighted by Crippen LogP contribution is 2.12. The molecule has 0 saturated carbocycles. The van der Waals surface area contributed by atoms with Crippen LogP contribution >= 0.6 is 0 Å². The molecule has 1 unspecified atom stereocenters. The molecule has 0 fully saturated rings. The van der Waals surface area contributed by atoms with E-state index in [-0.39, 0.29) is 6.42 Å². The molecule has 0 saturated heterocycles. The van der Waals surface area contributed by atoms with Gasteiger partial charge in [-0.25, -0.2) is 4.18 Å². The third-order valence-corrected chi connectivity index (χ3v) is 1.71. The predicted octanol–water partition coefficient (Wildman–Crippen LogP) is -0.0587. The first-order valence-corrected chi connectivity index (χ1v) is 5.25. The minimum absolute atomic E-state index is 0.191. The van der Waals surface area contributed by atoms with Gasteiger partial charge in [-0.15, -0.1) is 0 Å². The summed E-state index contributed by atoms with van der Waals surface area (Å²) in [6.45, 7) is 1.78. The van der Waals surface area contributed by atoms with Crippen LogP contribution in [0.1, 0.15) is 19.8 Å². The van der Waals surface area contributed by atoms with Gasteiger partial charge in [0.05, 0.1) is 6.26 Å². The Balaban J connectivity index is 4.48. The van der Waals surface area contributed by atoms with Crippen LogP contribution in [0.5, 0.6) is 0 Å². The smallest absolute Gasteiger partial charge is 0.267 e. The van der Waals surface area contributed by atoms with Gasteiger partial charge in [-0.1, -0.05) is 13.3 Å². The molecule has 1 atom stereocenters. The monoisotopic (exact) mass is 192 g/mol. The highest BCUT2D eigenvalue weighted by Gasteiger charge is 2.29. The second-order valence-electron chi connectivity index (χ2n) is 2.54. The second kappa shape index (κ2) is 3.85. The van der Waals surface area contributed by atoms with E-state index in [0.29, 0.717) is 6.42 Å². The molecule has 0 heterocycles. The standard InChI is InChI=1S/C6H12N2O3S/c1-3-4-6(8,5-7)11-12(2,9)10/h3-4,8H2,1-2H3. The van der Waals surface area contributed by atoms with Gasteiger partial charge >= 0.3 is 0 Å². The zero-order chi connectivity index (χ0) is 9.83. The fraction of sp³-hybridized carbons (Fsp3) is 0.833. The lowest BCUT2D eigenvalue weighted by Gasteiger charge is -2.18. The van der Waals surface area contributed by atoms with Crippen LogP contribution in [0.2, 0.25) is 0 Å². The Hall–Kier alpha value is -0.640. The number of nitriles is 1. The van der Waals surface area contributed by atoms with Gasteiger partial charge in [-0.2, -0.15) is 13.7 Å². The quantitative estimate of drug-likeness (QED) is 0.497. The van der Waals surface area contributed by atoms with Gasteiger partial charge in [0.15, 0.2) is 0 Å². The summed E-state index contributed by atoms with van der Waals surface area (Å²) in [5.74, 6) is 0. The van der Waals surface area contributed by atoms with Crippen LogP contribution in [0.4, 0.5) is 0 Å². The van der Waals surface area contributed by atoms with Crippen LogP contribution in [0.25, 0.3) is 0 Å². The molecule has 0 amide bonds. The maximum atomic E-state index is 10.6. The van der Waals surface area contributed by atoms with Gasteiger partial charge in [0, 0.05) is 6.42 Å². The zero-order valence-electron chi connectivity index (χ0n) is 7.07. The number of nitrogens with two attached hydrogens (primary N) is 1. The van der Waals surface area contributed by atoms with Crippen molar-refractivity contribution in [2.75, 3.05) is 6.26 Å². The van der Waals surface area contributed by atoms with Crippen molar-refractivity contribution < 1.29 is 12.6 Å². The van der Waals surface area contributed by atoms with E-state index in [1.54, 1.807) is 13.0 Å². The fourth-order valence-electron chi connectivity index (χ4n) is 0.758. The Morgan fingerprint density at radius 2 is 2.17 bits per heavy atom. The van der Waals surface area contributed by atoms with Crippen molar-refractivity contribution in [3.8, 4) is 6.07 Å². The lowest BCUT2D eigenvalue weighted by Crippen LogP contribution is -2.42. The lowest BCUT2D eigenvalue weighted by molar-refractivity contribution is 0.134. The van der Waals surface area contributed by atoms with Gasteiger partial charge in [-0.05, 0) is 0 Å². The first-order valence-electron chi connectivity index (χ1n) is 3.44. The SMILES string of the molecule is CCCC(N)(C#N)OS(C)(=O)=O. The summed E-state index contributed by atoms with van der Waals surface area (Å²) in [5, 5.41) is 8.52. The Morgan fingerprint density at radius 1 is 1.67 bits per heavy atom. The normalized spacial score (nSPS) is 16.5. The van der Waals surface area contributed by atoms with Crippen molar-refractivity contribution in [1.82, 2.24) is 0 Å². The molecule has 0 aromatic heterocycles. The zero-order valence-corrected chi connectivity index (χ0v) is 7.89. The number of hydrogen-bond donors (Lipinski definition) is 1. The van der Waals surface area contributed by atoms with Crippen LogP contribution in [0.3, 0.4) is 0 Å². The molecule has 5 nitrogen and oxygen atoms in total. The first-order chi connectivity index (χ1) is 5.33. The van der Waals surface area contributed by atoms with E-state index in [1.165, 1.54) is 0 Å². The van der Waals surface area contributed by atoms with E-state index in [9.17, 15) is 8.42 Å². The average Bonchev–Trinajstić information content (AvgIpc) is 1.84. The largest absolute Gasteiger partial charge is 0.290 e. The topological polar surface area (TPSA) is 93.2 Å². The van der Waals surface area contributed by atoms with Crippen LogP contribution in [-0.4, -0.2) is 20.4 Å². The molecule has 0 bridgehead atoms. The van der Waals surface area contributed by atoms with Gasteiger partial charge in [0.25, 0.3) is 10.1 Å². The van der Waals surface area contributed by atoms with Crippen molar-refractivity contribution in [2.24, 2.45) is 5.73 Å². The van der Waals surface area contributed by atoms with Crippen LogP contribution < -0.4 is 5.73 Å². The summed E-state index contributed by atoms with van der Waals surface area (Å²) in [4.78, 5) is 0. The fourth-order valence-corrected chi connectivity index (χ4v) is 1.42. The molecule has 0 aliphatic rings. The molecule has 2 N–H and O–H groups in total. The Morgan fingerprint density at radius 3 is 2.42 bits per heavy atom. The minimum atomic E-state index is -3.66. The summed E-state index contributed by atoms with van der Waals surface area (Å²) in [6, 6.07) is 1.61. The third-order valence-electron chi connectivity index (χ3n) is 1.11. The molecule has 0 aromatic carbocycles. The molecule has 0 spiro atoms. The van der Waals surface area contributed by atoms with Crippen molar-refractivity contribution in [3.63, 3.8) is 0 Å². The molecule has 6 heteroatoms. The van der Waals surface area contributed by atoms with Gasteiger partial charge in [0.2, 0.25) is 5.72 Å². The van der Waals surface area contributed by atoms with E-state index in [0.717, 1.165) is 6.26 Å². The molecular formula is C6H12N2O3S. The van der Waals surface area contributed by atoms with Crippen molar-refractivity contribution in [1.29, 1.82) is 5.26 Å². The van der Waals surface area contributed by atoms with Gasteiger partial charge < -0.3 is 0 Å². The maximum absolute atomic E-state index is 10.6. The van der Waals surface area contributed by atoms with Crippen molar-refractivity contribution >= 4 is 10.1 Å². The lowest BCUT2D eigenvalue weighted by atomic mass is 10.1. The molecular weight excluding hydrogens is 180 g/mol. The van der Waals surface area contributed by atoms with Crippen molar-refractivity contribution in [3.05, 3.63) is 0 Å². The minimum Gasteiger partial charge on any atom is -0.290 e. The van der Waals surface area contributed by atoms with E-state index in [1.807, 2.05) is 0 Å². The Labute approximate surface area is 72.2 Å². The van der Waals surface area contributed by atoms with Crippen LogP contribution in [-0.2, 0) is 14.3 Å². The molecule has 0 aliphatic heterocycles. The van der Waals surface area contributed by atoms with Gasteiger partial charge in [0.1, 0.15) is 6.07 Å². The predicted molar refractivity (Wildman–Crippen MR) is 43.4 cm³/mol. The maximum Gasteiger partial charge on any atom is 0.267 e. The second-order valence-corrected chi connectivity index (χ2v) is 4.11. The number of hydrogen-bond acceptors (Lipinski definition) is 5. The Bertz CT molecular complexity index is 280. The Kier molecular flexibility index (Phi) is 3.64. The summed E-state index contributed by atoms with van der Waals surface area (Å²) < 4.78 is 25.7. The van der Waals surface area contributed by atoms with Crippen LogP contribution in [0.15, 0.2) is 0 Å². The summed E-state index contributed by atoms with van der Waals surface area (Å²) in [7, 11) is -3.66. The highest BCUT2D eigenvalue weighted by molar-refractivity contribution is 7.86. The number of nitrogens with zero attached hydrogens (tertiary/aromatic N) is 1. The summed E-state index contributed by atoms with van der Waals surface area (Å²) in [6.07, 6.45) is 1.64. The van der Waals surface area contributed by atoms with E-state index < -0.39 is 15.8 Å². The molecule has 0 rings (SSSR count). The molecule has 12 heavy (non-hydrogen) atoms. The molecule has 0 radical (unpaired) electrons. The summed E-state index contributed by atoms with van der Waals surface area (Å²) in [5.41, 5.74) is 3.63. The van der Waals surface area contributed by atoms with Crippen molar-refractivity contribution in [2.45, 2.75) is 25.5 Å². The van der Waals surface area contributed by atoms with E-state index in [4.69, 9.17) is 11.0 Å². The van der Waals surface area contributed by atoms with E-state index >= 15 is 0 Å². The highest BCUT2D eigenvalue weighted by atomic mass is 32.2. The average molecular weight is 192 g/mol. The molecule has 0 aliphatic carbocycles. The number of rotatable bonds is 4.